The molecule has 13 heteroatoms. The lowest BCUT2D eigenvalue weighted by molar-refractivity contribution is -0.735. The fourth-order valence-corrected chi connectivity index (χ4v) is 4.27. The Labute approximate surface area is 179 Å². The van der Waals surface area contributed by atoms with E-state index in [-0.39, 0.29) is 27.5 Å². The van der Waals surface area contributed by atoms with Crippen molar-refractivity contribution in [3.05, 3.63) is 75.0 Å². The van der Waals surface area contributed by atoms with Gasteiger partial charge in [-0.3, -0.25) is 14.7 Å². The van der Waals surface area contributed by atoms with Crippen LogP contribution in [0.5, 0.6) is 0 Å². The van der Waals surface area contributed by atoms with Crippen LogP contribution < -0.4 is 4.80 Å². The van der Waals surface area contributed by atoms with Crippen molar-refractivity contribution in [2.24, 2.45) is 0 Å². The zero-order valence-corrected chi connectivity index (χ0v) is 17.2. The molecule has 11 nitrogen and oxygen atoms in total. The monoisotopic (exact) mass is 460 g/mol. The number of hydrogen-bond donors (Lipinski definition) is 2. The van der Waals surface area contributed by atoms with Gasteiger partial charge in [0.05, 0.1) is 22.2 Å². The molecule has 0 radical (unpaired) electrons. The molecule has 0 amide bonds. The number of non-ortho nitro benzene ring substituents is 1. The van der Waals surface area contributed by atoms with Gasteiger partial charge in [0.1, 0.15) is 10.6 Å². The second kappa shape index (κ2) is 7.96. The van der Waals surface area contributed by atoms with E-state index in [0.717, 1.165) is 0 Å². The first-order valence-corrected chi connectivity index (χ1v) is 11.1. The fraction of sp³-hybridized carbons (Fsp3) is 0.0556. The summed E-state index contributed by atoms with van der Waals surface area (Å²) in [6, 6.07) is 11.4. The van der Waals surface area contributed by atoms with E-state index in [9.17, 15) is 28.2 Å². The number of tetrazole rings is 1. The second-order valence-corrected chi connectivity index (χ2v) is 8.45. The van der Waals surface area contributed by atoms with Crippen molar-refractivity contribution in [1.29, 1.82) is 0 Å². The number of aromatic nitrogens is 4. The van der Waals surface area contributed by atoms with Crippen molar-refractivity contribution in [2.75, 3.05) is 0 Å². The van der Waals surface area contributed by atoms with E-state index in [2.05, 4.69) is 10.2 Å². The van der Waals surface area contributed by atoms with Crippen LogP contribution in [0.3, 0.4) is 0 Å². The van der Waals surface area contributed by atoms with Crippen LogP contribution in [0.15, 0.2) is 64.2 Å². The third kappa shape index (κ3) is 3.94. The summed E-state index contributed by atoms with van der Waals surface area (Å²) in [4.78, 5) is 12.8. The van der Waals surface area contributed by atoms with Crippen molar-refractivity contribution >= 4 is 27.1 Å². The van der Waals surface area contributed by atoms with E-state index in [0.29, 0.717) is 11.4 Å². The summed E-state index contributed by atoms with van der Waals surface area (Å²) in [6.07, 6.45) is 0. The molecule has 0 fully saturated rings. The largest absolute Gasteiger partial charge is 0.392 e. The van der Waals surface area contributed by atoms with Gasteiger partial charge in [-0.15, -0.1) is 11.3 Å². The van der Waals surface area contributed by atoms with Crippen LogP contribution in [-0.2, 0) is 16.7 Å². The minimum atomic E-state index is -4.54. The summed E-state index contributed by atoms with van der Waals surface area (Å²) in [6.45, 7) is -0.503. The average molecular weight is 460 g/mol. The molecule has 0 spiro atoms. The van der Waals surface area contributed by atoms with Crippen molar-refractivity contribution < 1.29 is 27.8 Å². The van der Waals surface area contributed by atoms with Gasteiger partial charge in [-0.1, -0.05) is 12.1 Å². The van der Waals surface area contributed by atoms with E-state index >= 15 is 0 Å². The van der Waals surface area contributed by atoms with Gasteiger partial charge in [-0.2, -0.15) is 8.42 Å². The Hall–Kier alpha value is -3.52. The van der Waals surface area contributed by atoms with E-state index in [1.165, 1.54) is 57.3 Å². The standard InChI is InChI=1S/C18H13N5O6S2/c24-10-12-9-13(23(25)26)5-6-16(12)22-20-18(19-21(22)14-7-8-30-11-14)15-3-1-2-4-17(15)31(27,28)29/h1-9,11,24H,10H2/p+1. The van der Waals surface area contributed by atoms with Crippen LogP contribution in [0.1, 0.15) is 5.56 Å². The Bertz CT molecular complexity index is 1380. The lowest BCUT2D eigenvalue weighted by Gasteiger charge is -2.03. The van der Waals surface area contributed by atoms with Crippen LogP contribution in [0, 0.1) is 10.1 Å². The molecule has 0 aliphatic carbocycles. The van der Waals surface area contributed by atoms with Gasteiger partial charge in [0, 0.05) is 27.9 Å². The molecular formula is C18H14N5O6S2+. The van der Waals surface area contributed by atoms with Gasteiger partial charge in [0.25, 0.3) is 15.8 Å². The van der Waals surface area contributed by atoms with E-state index in [4.69, 9.17) is 0 Å². The molecule has 2 aromatic heterocycles. The first-order chi connectivity index (χ1) is 14.8. The summed E-state index contributed by atoms with van der Waals surface area (Å²) in [5.41, 5.74) is 0.988. The maximum Gasteiger partial charge on any atom is 0.341 e. The minimum absolute atomic E-state index is 0.0123. The topological polar surface area (TPSA) is 152 Å². The Morgan fingerprint density at radius 3 is 2.61 bits per heavy atom. The third-order valence-corrected chi connectivity index (χ3v) is 5.94. The molecule has 0 unspecified atom stereocenters. The van der Waals surface area contributed by atoms with Crippen LogP contribution in [0.25, 0.3) is 22.8 Å². The number of nitro groups is 1. The van der Waals surface area contributed by atoms with Crippen molar-refractivity contribution in [1.82, 2.24) is 15.0 Å². The molecule has 0 atom stereocenters. The van der Waals surface area contributed by atoms with Crippen LogP contribution in [0.4, 0.5) is 5.69 Å². The molecule has 4 rings (SSSR count). The Kier molecular flexibility index (Phi) is 5.32. The van der Waals surface area contributed by atoms with Crippen molar-refractivity contribution in [3.63, 3.8) is 0 Å². The molecule has 2 heterocycles. The predicted octanol–water partition coefficient (Wildman–Crippen LogP) is 1.92. The van der Waals surface area contributed by atoms with E-state index < -0.39 is 21.6 Å². The summed E-state index contributed by atoms with van der Waals surface area (Å²) < 4.78 is 33.2. The highest BCUT2D eigenvalue weighted by Gasteiger charge is 2.29. The quantitative estimate of drug-likeness (QED) is 0.192. The summed E-state index contributed by atoms with van der Waals surface area (Å²) in [5.74, 6) is -0.0123. The average Bonchev–Trinajstić information content (AvgIpc) is 3.42. The molecule has 0 saturated carbocycles. The summed E-state index contributed by atoms with van der Waals surface area (Å²) in [5, 5.41) is 33.2. The van der Waals surface area contributed by atoms with E-state index in [1.54, 1.807) is 22.9 Å². The number of hydrogen-bond acceptors (Lipinski definition) is 8. The lowest BCUT2D eigenvalue weighted by Crippen LogP contribution is -2.44. The number of rotatable bonds is 6. The number of benzene rings is 2. The number of aliphatic hydroxyl groups is 1. The number of aliphatic hydroxyl groups excluding tert-OH is 1. The summed E-state index contributed by atoms with van der Waals surface area (Å²) in [7, 11) is -4.54. The molecule has 4 aromatic rings. The van der Waals surface area contributed by atoms with Gasteiger partial charge in [-0.25, -0.2) is 0 Å². The first-order valence-electron chi connectivity index (χ1n) is 8.67. The highest BCUT2D eigenvalue weighted by Crippen LogP contribution is 2.25. The molecule has 0 aliphatic rings. The van der Waals surface area contributed by atoms with Crippen molar-refractivity contribution in [3.8, 4) is 22.8 Å². The van der Waals surface area contributed by atoms with E-state index in [1.807, 2.05) is 0 Å². The number of thiophene rings is 1. The zero-order valence-electron chi connectivity index (χ0n) is 15.6. The fourth-order valence-electron chi connectivity index (χ4n) is 2.97. The molecule has 31 heavy (non-hydrogen) atoms. The zero-order chi connectivity index (χ0) is 22.2. The normalized spacial score (nSPS) is 11.5. The molecule has 158 valence electrons. The summed E-state index contributed by atoms with van der Waals surface area (Å²) >= 11 is 1.39. The van der Waals surface area contributed by atoms with Gasteiger partial charge >= 0.3 is 5.82 Å². The number of nitrogens with zero attached hydrogens (tertiary/aromatic N) is 5. The number of nitro benzene ring substituents is 1. The molecule has 0 aliphatic heterocycles. The maximum atomic E-state index is 11.8. The van der Waals surface area contributed by atoms with Gasteiger partial charge in [0.15, 0.2) is 5.69 Å². The molecule has 0 bridgehead atoms. The Morgan fingerprint density at radius 1 is 1.19 bits per heavy atom. The Morgan fingerprint density at radius 2 is 1.97 bits per heavy atom. The highest BCUT2D eigenvalue weighted by molar-refractivity contribution is 7.86. The van der Waals surface area contributed by atoms with Crippen LogP contribution in [-0.4, -0.2) is 38.0 Å². The first kappa shape index (κ1) is 20.7. The SMILES string of the molecule is O=[N+]([O-])c1ccc(-[n+]2nc(-c3ccccc3S(=O)(=O)O)nn2-c2ccsc2)c(CO)c1. The molecule has 0 saturated heterocycles. The molecule has 2 aromatic carbocycles. The maximum absolute atomic E-state index is 11.8. The third-order valence-electron chi connectivity index (χ3n) is 4.36. The minimum Gasteiger partial charge on any atom is -0.392 e. The van der Waals surface area contributed by atoms with Crippen LogP contribution in [0.2, 0.25) is 0 Å². The predicted molar refractivity (Wildman–Crippen MR) is 109 cm³/mol. The Balaban J connectivity index is 1.98. The van der Waals surface area contributed by atoms with Gasteiger partial charge < -0.3 is 5.11 Å². The van der Waals surface area contributed by atoms with Gasteiger partial charge in [0.2, 0.25) is 0 Å². The van der Waals surface area contributed by atoms with Gasteiger partial charge in [-0.05, 0) is 39.5 Å². The highest BCUT2D eigenvalue weighted by atomic mass is 32.2. The van der Waals surface area contributed by atoms with Crippen LogP contribution >= 0.6 is 11.3 Å². The molecular weight excluding hydrogens is 446 g/mol. The smallest absolute Gasteiger partial charge is 0.341 e. The molecule has 2 N–H and O–H groups in total. The second-order valence-electron chi connectivity index (χ2n) is 6.28. The van der Waals surface area contributed by atoms with Crippen molar-refractivity contribution in [2.45, 2.75) is 11.5 Å². The lowest BCUT2D eigenvalue weighted by atomic mass is 10.1.